The van der Waals surface area contributed by atoms with Crippen LogP contribution in [0.5, 0.6) is 5.75 Å². The fourth-order valence-corrected chi connectivity index (χ4v) is 3.66. The Morgan fingerprint density at radius 1 is 1.29 bits per heavy atom. The predicted octanol–water partition coefficient (Wildman–Crippen LogP) is 3.66. The molecule has 1 atom stereocenters. The number of benzene rings is 1. The smallest absolute Gasteiger partial charge is 0.192 e. The number of anilines is 1. The second kappa shape index (κ2) is 7.05. The van der Waals surface area contributed by atoms with Crippen LogP contribution < -0.4 is 10.2 Å². The zero-order valence-corrected chi connectivity index (χ0v) is 16.9. The summed E-state index contributed by atoms with van der Waals surface area (Å²) in [5, 5.41) is 22.8. The van der Waals surface area contributed by atoms with Crippen LogP contribution in [0.1, 0.15) is 39.5 Å². The van der Waals surface area contributed by atoms with Crippen molar-refractivity contribution >= 4 is 16.9 Å². The van der Waals surface area contributed by atoms with Crippen LogP contribution in [-0.4, -0.2) is 45.0 Å². The maximum Gasteiger partial charge on any atom is 0.192 e. The van der Waals surface area contributed by atoms with Gasteiger partial charge < -0.3 is 19.7 Å². The van der Waals surface area contributed by atoms with E-state index in [9.17, 15) is 5.11 Å². The highest BCUT2D eigenvalue weighted by atomic mass is 16.3. The van der Waals surface area contributed by atoms with Gasteiger partial charge in [-0.3, -0.25) is 0 Å². The van der Waals surface area contributed by atoms with E-state index in [1.807, 2.05) is 12.1 Å². The Kier molecular flexibility index (Phi) is 4.71. The molecule has 0 amide bonds. The van der Waals surface area contributed by atoms with Crippen molar-refractivity contribution in [1.82, 2.24) is 20.5 Å². The van der Waals surface area contributed by atoms with E-state index < -0.39 is 0 Å². The number of aromatic hydroxyl groups is 1. The number of phenolic OH excluding ortho intramolecular Hbond substituents is 1. The van der Waals surface area contributed by atoms with Gasteiger partial charge in [0.1, 0.15) is 11.3 Å². The van der Waals surface area contributed by atoms with Crippen LogP contribution in [0.2, 0.25) is 0 Å². The van der Waals surface area contributed by atoms with Crippen molar-refractivity contribution in [3.63, 3.8) is 0 Å². The lowest BCUT2D eigenvalue weighted by Crippen LogP contribution is -2.46. The van der Waals surface area contributed by atoms with Gasteiger partial charge in [0.15, 0.2) is 17.3 Å². The highest BCUT2D eigenvalue weighted by Crippen LogP contribution is 2.33. The number of aromatic nitrogens is 3. The lowest BCUT2D eigenvalue weighted by Gasteiger charge is -2.29. The summed E-state index contributed by atoms with van der Waals surface area (Å²) in [5.41, 5.74) is 2.61. The largest absolute Gasteiger partial charge is 0.507 e. The lowest BCUT2D eigenvalue weighted by atomic mass is 10.0. The van der Waals surface area contributed by atoms with E-state index in [2.05, 4.69) is 46.2 Å². The van der Waals surface area contributed by atoms with Gasteiger partial charge in [-0.25, -0.2) is 4.98 Å². The van der Waals surface area contributed by atoms with Gasteiger partial charge in [-0.2, -0.15) is 0 Å². The Morgan fingerprint density at radius 3 is 2.82 bits per heavy atom. The highest BCUT2D eigenvalue weighted by molar-refractivity contribution is 5.83. The maximum atomic E-state index is 10.4. The molecule has 1 saturated heterocycles. The fraction of sp³-hybridized carbons (Fsp3) is 0.476. The summed E-state index contributed by atoms with van der Waals surface area (Å²) >= 11 is 0. The van der Waals surface area contributed by atoms with E-state index in [1.165, 1.54) is 0 Å². The summed E-state index contributed by atoms with van der Waals surface area (Å²) in [4.78, 5) is 6.49. The molecule has 2 aromatic heterocycles. The average Bonchev–Trinajstić information content (AvgIpc) is 3.26. The molecule has 0 aliphatic carbocycles. The quantitative estimate of drug-likeness (QED) is 0.697. The lowest BCUT2D eigenvalue weighted by molar-refractivity contribution is 0.334. The summed E-state index contributed by atoms with van der Waals surface area (Å²) < 4.78 is 5.57. The SMILES string of the molecule is CCC(C)(C)NC1CCN(c2ccc(-c3cc4oc(C)nc4cc3O)nn2)C1. The van der Waals surface area contributed by atoms with Gasteiger partial charge in [-0.05, 0) is 44.9 Å². The molecule has 1 fully saturated rings. The Balaban J connectivity index is 1.51. The van der Waals surface area contributed by atoms with Crippen LogP contribution in [0.15, 0.2) is 28.7 Å². The van der Waals surface area contributed by atoms with E-state index >= 15 is 0 Å². The van der Waals surface area contributed by atoms with E-state index in [0.717, 1.165) is 31.7 Å². The molecule has 2 N–H and O–H groups in total. The molecule has 3 heterocycles. The number of aryl methyl sites for hydroxylation is 1. The Morgan fingerprint density at radius 2 is 2.11 bits per heavy atom. The molecule has 0 bridgehead atoms. The summed E-state index contributed by atoms with van der Waals surface area (Å²) in [6, 6.07) is 7.67. The van der Waals surface area contributed by atoms with E-state index in [4.69, 9.17) is 4.42 Å². The van der Waals surface area contributed by atoms with Crippen molar-refractivity contribution in [3.8, 4) is 17.0 Å². The van der Waals surface area contributed by atoms with Crippen molar-refractivity contribution in [2.24, 2.45) is 0 Å². The van der Waals surface area contributed by atoms with Gasteiger partial charge in [-0.1, -0.05) is 6.92 Å². The second-order valence-corrected chi connectivity index (χ2v) is 8.16. The minimum Gasteiger partial charge on any atom is -0.507 e. The first-order valence-electron chi connectivity index (χ1n) is 9.81. The molecule has 1 aliphatic heterocycles. The number of fused-ring (bicyclic) bond motifs is 1. The van der Waals surface area contributed by atoms with E-state index in [1.54, 1.807) is 19.1 Å². The van der Waals surface area contributed by atoms with Crippen molar-refractivity contribution in [2.45, 2.75) is 52.1 Å². The molecule has 1 aliphatic rings. The third-order valence-corrected chi connectivity index (χ3v) is 5.53. The van der Waals surface area contributed by atoms with E-state index in [-0.39, 0.29) is 11.3 Å². The van der Waals surface area contributed by atoms with Crippen molar-refractivity contribution in [1.29, 1.82) is 0 Å². The molecule has 28 heavy (non-hydrogen) atoms. The Labute approximate surface area is 164 Å². The van der Waals surface area contributed by atoms with E-state index in [0.29, 0.717) is 34.3 Å². The monoisotopic (exact) mass is 381 g/mol. The normalized spacial score (nSPS) is 17.6. The minimum atomic E-state index is 0.120. The first kappa shape index (κ1) is 18.7. The van der Waals surface area contributed by atoms with Crippen molar-refractivity contribution in [2.75, 3.05) is 18.0 Å². The van der Waals surface area contributed by atoms with Crippen LogP contribution in [-0.2, 0) is 0 Å². The van der Waals surface area contributed by atoms with Gasteiger partial charge in [0.2, 0.25) is 0 Å². The van der Waals surface area contributed by atoms with Gasteiger partial charge in [0, 0.05) is 43.2 Å². The number of hydrogen-bond acceptors (Lipinski definition) is 7. The molecule has 0 radical (unpaired) electrons. The molecule has 3 aromatic rings. The summed E-state index contributed by atoms with van der Waals surface area (Å²) in [6.45, 7) is 10.3. The average molecular weight is 381 g/mol. The van der Waals surface area contributed by atoms with Crippen LogP contribution in [0.4, 0.5) is 5.82 Å². The van der Waals surface area contributed by atoms with Crippen molar-refractivity contribution < 1.29 is 9.52 Å². The highest BCUT2D eigenvalue weighted by Gasteiger charge is 2.28. The van der Waals surface area contributed by atoms with Crippen LogP contribution in [0.3, 0.4) is 0 Å². The number of nitrogens with one attached hydrogen (secondary N) is 1. The number of phenols is 1. The summed E-state index contributed by atoms with van der Waals surface area (Å²) in [5.74, 6) is 1.55. The van der Waals surface area contributed by atoms with Gasteiger partial charge in [-0.15, -0.1) is 10.2 Å². The minimum absolute atomic E-state index is 0.120. The topological polar surface area (TPSA) is 87.3 Å². The standard InChI is InChI=1S/C21H27N5O2/c1-5-21(3,4)23-14-8-9-26(12-14)20-7-6-16(24-25-20)15-10-19-17(11-18(15)27)22-13(2)28-19/h6-7,10-11,14,23,27H,5,8-9,12H2,1-4H3. The second-order valence-electron chi connectivity index (χ2n) is 8.16. The zero-order valence-electron chi connectivity index (χ0n) is 16.9. The number of rotatable bonds is 5. The molecule has 148 valence electrons. The maximum absolute atomic E-state index is 10.4. The molecule has 1 unspecified atom stereocenters. The van der Waals surface area contributed by atoms with Crippen molar-refractivity contribution in [3.05, 3.63) is 30.2 Å². The Bertz CT molecular complexity index is 980. The predicted molar refractivity (Wildman–Crippen MR) is 110 cm³/mol. The zero-order chi connectivity index (χ0) is 19.9. The molecular formula is C21H27N5O2. The third kappa shape index (κ3) is 3.67. The van der Waals surface area contributed by atoms with Crippen LogP contribution in [0, 0.1) is 6.92 Å². The molecule has 0 spiro atoms. The number of hydrogen-bond donors (Lipinski definition) is 2. The third-order valence-electron chi connectivity index (χ3n) is 5.53. The van der Waals surface area contributed by atoms with Gasteiger partial charge in [0.25, 0.3) is 0 Å². The Hall–Kier alpha value is -2.67. The van der Waals surface area contributed by atoms with Gasteiger partial charge >= 0.3 is 0 Å². The first-order valence-corrected chi connectivity index (χ1v) is 9.81. The molecule has 7 nitrogen and oxygen atoms in total. The summed E-state index contributed by atoms with van der Waals surface area (Å²) in [6.07, 6.45) is 2.19. The molecule has 7 heteroatoms. The molecule has 1 aromatic carbocycles. The molecule has 0 saturated carbocycles. The first-order chi connectivity index (χ1) is 13.3. The number of nitrogens with zero attached hydrogens (tertiary/aromatic N) is 4. The fourth-order valence-electron chi connectivity index (χ4n) is 3.66. The number of oxazole rings is 1. The van der Waals surface area contributed by atoms with Crippen LogP contribution in [0.25, 0.3) is 22.4 Å². The van der Waals surface area contributed by atoms with Gasteiger partial charge in [0.05, 0.1) is 5.69 Å². The summed E-state index contributed by atoms with van der Waals surface area (Å²) in [7, 11) is 0. The van der Waals surface area contributed by atoms with Crippen LogP contribution >= 0.6 is 0 Å². The molecular weight excluding hydrogens is 354 g/mol. The molecule has 4 rings (SSSR count).